The highest BCUT2D eigenvalue weighted by molar-refractivity contribution is 7.14. The van der Waals surface area contributed by atoms with Crippen molar-refractivity contribution in [3.63, 3.8) is 0 Å². The normalized spacial score (nSPS) is 22.3. The van der Waals surface area contributed by atoms with Crippen molar-refractivity contribution in [1.29, 1.82) is 0 Å². The van der Waals surface area contributed by atoms with Crippen molar-refractivity contribution in [3.05, 3.63) is 49.8 Å². The standard InChI is InChI=1S/C20H25NO2S2/c1-14-7-11-24-18(14)17(19-15(2)8-12-25-19)6-4-10-21-9-3-5-16(13-21)20(22)23/h6-8,11-12,16H,3-5,9-10,13H2,1-2H3,(H,22,23)/t16-/m1/s1/i4D2,6D,10D2. The van der Waals surface area contributed by atoms with Gasteiger partial charge in [-0.15, -0.1) is 22.7 Å². The van der Waals surface area contributed by atoms with E-state index in [1.807, 2.05) is 36.7 Å². The monoisotopic (exact) mass is 380 g/mol. The molecule has 0 bridgehead atoms. The van der Waals surface area contributed by atoms with Crippen molar-refractivity contribution in [3.8, 4) is 0 Å². The molecule has 3 rings (SSSR count). The first-order valence-electron chi connectivity index (χ1n) is 10.8. The minimum atomic E-state index is -2.64. The zero-order valence-corrected chi connectivity index (χ0v) is 16.0. The Morgan fingerprint density at radius 2 is 2.00 bits per heavy atom. The Kier molecular flexibility index (Phi) is 4.27. The second-order valence-corrected chi connectivity index (χ2v) is 8.06. The lowest BCUT2D eigenvalue weighted by Gasteiger charge is -2.30. The van der Waals surface area contributed by atoms with Gasteiger partial charge in [0.05, 0.1) is 7.29 Å². The molecule has 1 fully saturated rings. The molecule has 3 heterocycles. The summed E-state index contributed by atoms with van der Waals surface area (Å²) in [5.41, 5.74) is 2.23. The molecule has 0 saturated carbocycles. The van der Waals surface area contributed by atoms with Crippen LogP contribution in [-0.4, -0.2) is 35.6 Å². The minimum Gasteiger partial charge on any atom is -0.481 e. The highest BCUT2D eigenvalue weighted by Crippen LogP contribution is 2.35. The van der Waals surface area contributed by atoms with Gasteiger partial charge in [0.25, 0.3) is 0 Å². The molecule has 0 amide bonds. The molecule has 2 aromatic rings. The van der Waals surface area contributed by atoms with Crippen molar-refractivity contribution >= 4 is 34.2 Å². The van der Waals surface area contributed by atoms with Gasteiger partial charge in [0.2, 0.25) is 0 Å². The number of piperidine rings is 1. The summed E-state index contributed by atoms with van der Waals surface area (Å²) in [5.74, 6) is -1.73. The quantitative estimate of drug-likeness (QED) is 0.763. The van der Waals surface area contributed by atoms with Gasteiger partial charge in [-0.25, -0.2) is 0 Å². The molecule has 3 nitrogen and oxygen atoms in total. The zero-order valence-electron chi connectivity index (χ0n) is 19.3. The summed E-state index contributed by atoms with van der Waals surface area (Å²) in [6, 6.07) is 3.39. The third kappa shape index (κ3) is 4.40. The van der Waals surface area contributed by atoms with Crippen LogP contribution in [0.5, 0.6) is 0 Å². The number of hydrogen-bond donors (Lipinski definition) is 1. The highest BCUT2D eigenvalue weighted by Gasteiger charge is 2.24. The fourth-order valence-corrected chi connectivity index (χ4v) is 4.85. The number of carbonyl (C=O) groups is 1. The van der Waals surface area contributed by atoms with Crippen LogP contribution in [0.25, 0.3) is 5.57 Å². The first kappa shape index (κ1) is 12.8. The predicted octanol–water partition coefficient (Wildman–Crippen LogP) is 5.04. The summed E-state index contributed by atoms with van der Waals surface area (Å²) in [4.78, 5) is 14.2. The third-order valence-electron chi connectivity index (χ3n) is 4.35. The molecule has 0 radical (unpaired) electrons. The predicted molar refractivity (Wildman–Crippen MR) is 107 cm³/mol. The van der Waals surface area contributed by atoms with Crippen LogP contribution in [0.4, 0.5) is 0 Å². The van der Waals surface area contributed by atoms with Crippen LogP contribution in [0.1, 0.15) is 46.9 Å². The number of carboxylic acids is 1. The van der Waals surface area contributed by atoms with E-state index in [1.54, 1.807) is 0 Å². The molecule has 1 aliphatic rings. The highest BCUT2D eigenvalue weighted by atomic mass is 32.1. The van der Waals surface area contributed by atoms with Crippen molar-refractivity contribution in [2.24, 2.45) is 5.92 Å². The first-order valence-corrected chi connectivity index (χ1v) is 10.0. The van der Waals surface area contributed by atoms with Crippen LogP contribution in [0.2, 0.25) is 0 Å². The number of nitrogens with zero attached hydrogens (tertiary/aromatic N) is 1. The maximum absolute atomic E-state index is 11.4. The average Bonchev–Trinajstić information content (AvgIpc) is 3.31. The number of aliphatic carboxylic acids is 1. The fraction of sp³-hybridized carbons (Fsp3) is 0.450. The van der Waals surface area contributed by atoms with Gasteiger partial charge < -0.3 is 10.0 Å². The first-order chi connectivity index (χ1) is 14.0. The maximum atomic E-state index is 11.4. The third-order valence-corrected chi connectivity index (χ3v) is 6.42. The number of thiophene rings is 2. The van der Waals surface area contributed by atoms with Gasteiger partial charge in [-0.3, -0.25) is 4.79 Å². The lowest BCUT2D eigenvalue weighted by Crippen LogP contribution is -2.39. The Bertz CT molecular complexity index is 924. The number of aryl methyl sites for hydroxylation is 2. The molecule has 25 heavy (non-hydrogen) atoms. The number of likely N-dealkylation sites (tertiary alicyclic amines) is 1. The van der Waals surface area contributed by atoms with Crippen molar-refractivity contribution in [1.82, 2.24) is 4.90 Å². The van der Waals surface area contributed by atoms with Gasteiger partial charge >= 0.3 is 5.97 Å². The number of carboxylic acid groups (broad SMARTS) is 1. The molecule has 1 saturated heterocycles. The van der Waals surface area contributed by atoms with Crippen LogP contribution < -0.4 is 0 Å². The summed E-state index contributed by atoms with van der Waals surface area (Å²) in [7, 11) is 0. The maximum Gasteiger partial charge on any atom is 0.307 e. The number of rotatable bonds is 6. The van der Waals surface area contributed by atoms with Gasteiger partial charge in [0.15, 0.2) is 0 Å². The van der Waals surface area contributed by atoms with E-state index in [9.17, 15) is 9.90 Å². The molecular formula is C20H25NO2S2. The molecular weight excluding hydrogens is 350 g/mol. The van der Waals surface area contributed by atoms with Crippen LogP contribution in [0.3, 0.4) is 0 Å². The fourth-order valence-electron chi connectivity index (χ4n) is 2.92. The zero-order chi connectivity index (χ0) is 22.3. The van der Waals surface area contributed by atoms with E-state index in [1.165, 1.54) is 27.6 Å². The Morgan fingerprint density at radius 3 is 2.52 bits per heavy atom. The van der Waals surface area contributed by atoms with E-state index in [2.05, 4.69) is 0 Å². The van der Waals surface area contributed by atoms with E-state index >= 15 is 0 Å². The van der Waals surface area contributed by atoms with Gasteiger partial charge in [-0.2, -0.15) is 0 Å². The SMILES string of the molecule is [2H]C(=C(c1sccc1C)c1sccc1C)C([2H])([2H])C([2H])([2H])N1CCC[C@@H](C(=O)O)C1. The van der Waals surface area contributed by atoms with Crippen molar-refractivity contribution in [2.75, 3.05) is 19.6 Å². The summed E-state index contributed by atoms with van der Waals surface area (Å²) < 4.78 is 43.4. The van der Waals surface area contributed by atoms with Crippen molar-refractivity contribution in [2.45, 2.75) is 33.1 Å². The molecule has 1 N–H and O–H groups in total. The van der Waals surface area contributed by atoms with E-state index in [0.717, 1.165) is 20.9 Å². The Morgan fingerprint density at radius 1 is 1.36 bits per heavy atom. The van der Waals surface area contributed by atoms with Gasteiger partial charge in [0, 0.05) is 33.9 Å². The minimum absolute atomic E-state index is 0.0689. The van der Waals surface area contributed by atoms with Gasteiger partial charge in [-0.1, -0.05) is 6.05 Å². The topological polar surface area (TPSA) is 40.5 Å². The van der Waals surface area contributed by atoms with Gasteiger partial charge in [0.1, 0.15) is 0 Å². The number of hydrogen-bond acceptors (Lipinski definition) is 4. The average molecular weight is 381 g/mol. The summed E-state index contributed by atoms with van der Waals surface area (Å²) in [6.07, 6.45) is -1.72. The lowest BCUT2D eigenvalue weighted by atomic mass is 9.98. The molecule has 134 valence electrons. The Hall–Kier alpha value is -1.43. The molecule has 0 aromatic carbocycles. The molecule has 0 aliphatic carbocycles. The van der Waals surface area contributed by atoms with Crippen LogP contribution in [0, 0.1) is 19.8 Å². The van der Waals surface area contributed by atoms with Crippen LogP contribution in [-0.2, 0) is 4.79 Å². The Labute approximate surface area is 164 Å². The molecule has 2 aromatic heterocycles. The Balaban J connectivity index is 2.11. The largest absolute Gasteiger partial charge is 0.481 e. The van der Waals surface area contributed by atoms with Gasteiger partial charge in [-0.05, 0) is 73.6 Å². The van der Waals surface area contributed by atoms with Crippen LogP contribution in [0.15, 0.2) is 28.9 Å². The van der Waals surface area contributed by atoms with E-state index in [4.69, 9.17) is 6.85 Å². The molecule has 0 unspecified atom stereocenters. The molecule has 1 atom stereocenters. The second kappa shape index (κ2) is 8.30. The summed E-state index contributed by atoms with van der Waals surface area (Å²) in [5, 5.41) is 13.1. The smallest absolute Gasteiger partial charge is 0.307 e. The van der Waals surface area contributed by atoms with Crippen LogP contribution >= 0.6 is 22.7 Å². The second-order valence-electron chi connectivity index (χ2n) is 6.23. The summed E-state index contributed by atoms with van der Waals surface area (Å²) in [6.45, 7) is 1.46. The summed E-state index contributed by atoms with van der Waals surface area (Å²) >= 11 is 2.82. The van der Waals surface area contributed by atoms with Crippen molar-refractivity contribution < 1.29 is 16.8 Å². The molecule has 0 spiro atoms. The van der Waals surface area contributed by atoms with E-state index in [0.29, 0.717) is 18.4 Å². The van der Waals surface area contributed by atoms with E-state index in [-0.39, 0.29) is 13.1 Å². The molecule has 5 heteroatoms. The van der Waals surface area contributed by atoms with E-state index < -0.39 is 30.8 Å². The molecule has 1 aliphatic heterocycles. The lowest BCUT2D eigenvalue weighted by molar-refractivity contribution is -0.143.